The molecule has 52 heavy (non-hydrogen) atoms. The van der Waals surface area contributed by atoms with E-state index in [4.69, 9.17) is 0 Å². The van der Waals surface area contributed by atoms with Crippen molar-refractivity contribution in [3.8, 4) is 0 Å². The Morgan fingerprint density at radius 3 is 1.02 bits per heavy atom. The predicted molar refractivity (Wildman–Crippen MR) is 202 cm³/mol. The Morgan fingerprint density at radius 2 is 0.654 bits per heavy atom. The van der Waals surface area contributed by atoms with Crippen LogP contribution in [0.1, 0.15) is 22.3 Å². The zero-order valence-electron chi connectivity index (χ0n) is 29.3. The highest BCUT2D eigenvalue weighted by molar-refractivity contribution is 5.86. The van der Waals surface area contributed by atoms with Gasteiger partial charge in [0.25, 0.3) is 0 Å². The van der Waals surface area contributed by atoms with Crippen LogP contribution in [0.3, 0.4) is 0 Å². The van der Waals surface area contributed by atoms with E-state index in [2.05, 4.69) is 92.4 Å². The lowest BCUT2D eigenvalue weighted by atomic mass is 10.0. The highest BCUT2D eigenvalue weighted by Gasteiger charge is 2.20. The molecule has 0 radical (unpaired) electrons. The number of nitrogens with zero attached hydrogens (tertiary/aromatic N) is 4. The van der Waals surface area contributed by atoms with Gasteiger partial charge in [-0.15, -0.1) is 0 Å². The van der Waals surface area contributed by atoms with Crippen LogP contribution in [0.25, 0.3) is 21.5 Å². The first kappa shape index (κ1) is 35.8. The van der Waals surface area contributed by atoms with Gasteiger partial charge >= 0.3 is 0 Å². The molecule has 0 bridgehead atoms. The van der Waals surface area contributed by atoms with E-state index in [1.165, 1.54) is 56.9 Å². The smallest absolute Gasteiger partial charge is 0.126 e. The molecule has 4 nitrogen and oxygen atoms in total. The van der Waals surface area contributed by atoms with Gasteiger partial charge in [0.1, 0.15) is 23.3 Å². The topological polar surface area (TPSA) is 13.0 Å². The number of halogens is 4. The van der Waals surface area contributed by atoms with Crippen molar-refractivity contribution in [3.63, 3.8) is 0 Å². The summed E-state index contributed by atoms with van der Waals surface area (Å²) >= 11 is 0. The van der Waals surface area contributed by atoms with Crippen molar-refractivity contribution in [2.24, 2.45) is 0 Å². The molecule has 6 aromatic carbocycles. The monoisotopic (exact) mass is 704 g/mol. The van der Waals surface area contributed by atoms with Crippen molar-refractivity contribution < 1.29 is 17.6 Å². The SMILES string of the molecule is Fc1cc(F)cc(CN2CCN(Cc3cccc4ccccc34)CCN(Cc3cc(F)cc(F)c3)CCN(Cc3cccc4ccccc34)CC2)c1. The third-order valence-electron chi connectivity index (χ3n) is 10.1. The van der Waals surface area contributed by atoms with Gasteiger partial charge in [0.2, 0.25) is 0 Å². The molecule has 0 aromatic heterocycles. The van der Waals surface area contributed by atoms with Crippen LogP contribution >= 0.6 is 0 Å². The maximum atomic E-state index is 14.3. The Bertz CT molecular complexity index is 1900. The van der Waals surface area contributed by atoms with E-state index in [0.29, 0.717) is 50.4 Å². The molecule has 0 aliphatic carbocycles. The summed E-state index contributed by atoms with van der Waals surface area (Å²) < 4.78 is 57.3. The van der Waals surface area contributed by atoms with Crippen molar-refractivity contribution in [2.45, 2.75) is 26.2 Å². The second kappa shape index (κ2) is 16.8. The summed E-state index contributed by atoms with van der Waals surface area (Å²) in [6.45, 7) is 7.99. The molecule has 1 aliphatic heterocycles. The first-order chi connectivity index (χ1) is 25.3. The summed E-state index contributed by atoms with van der Waals surface area (Å²) in [6.07, 6.45) is 0. The fraction of sp³-hybridized carbons (Fsp3) is 0.273. The van der Waals surface area contributed by atoms with E-state index in [1.54, 1.807) is 0 Å². The van der Waals surface area contributed by atoms with E-state index in [-0.39, 0.29) is 0 Å². The van der Waals surface area contributed by atoms with Crippen LogP contribution in [0, 0.1) is 23.3 Å². The van der Waals surface area contributed by atoms with Gasteiger partial charge in [0.15, 0.2) is 0 Å². The highest BCUT2D eigenvalue weighted by Crippen LogP contribution is 2.23. The van der Waals surface area contributed by atoms with Gasteiger partial charge in [-0.25, -0.2) is 17.6 Å². The Morgan fingerprint density at radius 1 is 0.346 bits per heavy atom. The van der Waals surface area contributed by atoms with Crippen LogP contribution in [-0.4, -0.2) is 72.0 Å². The quantitative estimate of drug-likeness (QED) is 0.147. The number of fused-ring (bicyclic) bond motifs is 2. The summed E-state index contributed by atoms with van der Waals surface area (Å²) in [6, 6.07) is 37.1. The molecule has 268 valence electrons. The van der Waals surface area contributed by atoms with Gasteiger partial charge in [-0.2, -0.15) is 0 Å². The minimum atomic E-state index is -0.571. The van der Waals surface area contributed by atoms with E-state index in [1.807, 2.05) is 12.1 Å². The fourth-order valence-electron chi connectivity index (χ4n) is 7.47. The normalized spacial score (nSPS) is 16.2. The zero-order chi connectivity index (χ0) is 35.9. The lowest BCUT2D eigenvalue weighted by molar-refractivity contribution is 0.122. The van der Waals surface area contributed by atoms with E-state index in [0.717, 1.165) is 51.4 Å². The summed E-state index contributed by atoms with van der Waals surface area (Å²) in [5, 5.41) is 4.79. The van der Waals surface area contributed by atoms with Crippen molar-refractivity contribution >= 4 is 21.5 Å². The second-order valence-corrected chi connectivity index (χ2v) is 13.9. The molecule has 8 heteroatoms. The third-order valence-corrected chi connectivity index (χ3v) is 10.1. The molecule has 0 atom stereocenters. The van der Waals surface area contributed by atoms with Crippen LogP contribution in [0.2, 0.25) is 0 Å². The third kappa shape index (κ3) is 9.43. The molecule has 6 aromatic rings. The average Bonchev–Trinajstić information content (AvgIpc) is 3.12. The second-order valence-electron chi connectivity index (χ2n) is 13.9. The molecule has 0 N–H and O–H groups in total. The van der Waals surface area contributed by atoms with Gasteiger partial charge < -0.3 is 0 Å². The first-order valence-electron chi connectivity index (χ1n) is 18.1. The standard InChI is InChI=1S/C44H44F4N4/c45-39-23-33(24-40(46)27-39)29-49-15-19-51(31-37-11-5-9-35-7-1-3-13-43(35)37)20-16-50(30-34-25-41(47)28-42(48)26-34)18-22-52(21-17-49)32-38-12-6-10-36-8-2-4-14-44(36)38/h1-14,23-28H,15-22,29-32H2. The number of hydrogen-bond donors (Lipinski definition) is 0. The lowest BCUT2D eigenvalue weighted by Crippen LogP contribution is -2.45. The predicted octanol–water partition coefficient (Wildman–Crippen LogP) is 8.87. The van der Waals surface area contributed by atoms with E-state index >= 15 is 0 Å². The van der Waals surface area contributed by atoms with Gasteiger partial charge in [-0.1, -0.05) is 84.9 Å². The van der Waals surface area contributed by atoms with Crippen LogP contribution < -0.4 is 0 Å². The summed E-state index contributed by atoms with van der Waals surface area (Å²) in [5.74, 6) is -2.29. The number of hydrogen-bond acceptors (Lipinski definition) is 4. The lowest BCUT2D eigenvalue weighted by Gasteiger charge is -2.35. The molecule has 7 rings (SSSR count). The van der Waals surface area contributed by atoms with Crippen molar-refractivity contribution in [3.05, 3.63) is 167 Å². The summed E-state index contributed by atoms with van der Waals surface area (Å²) in [4.78, 5) is 9.45. The van der Waals surface area contributed by atoms with E-state index < -0.39 is 23.3 Å². The highest BCUT2D eigenvalue weighted by atomic mass is 19.1. The summed E-state index contributed by atoms with van der Waals surface area (Å²) in [5.41, 5.74) is 3.67. The maximum absolute atomic E-state index is 14.3. The minimum absolute atomic E-state index is 0.427. The molecule has 0 spiro atoms. The molecular formula is C44H44F4N4. The average molecular weight is 705 g/mol. The molecule has 1 aliphatic rings. The van der Waals surface area contributed by atoms with E-state index in [9.17, 15) is 17.6 Å². The van der Waals surface area contributed by atoms with Crippen LogP contribution in [0.4, 0.5) is 17.6 Å². The fourth-order valence-corrected chi connectivity index (χ4v) is 7.47. The van der Waals surface area contributed by atoms with Crippen LogP contribution in [-0.2, 0) is 26.2 Å². The van der Waals surface area contributed by atoms with Crippen molar-refractivity contribution in [2.75, 3.05) is 52.4 Å². The molecule has 0 unspecified atom stereocenters. The number of benzene rings is 6. The largest absolute Gasteiger partial charge is 0.297 e. The van der Waals surface area contributed by atoms with Crippen molar-refractivity contribution in [1.82, 2.24) is 19.6 Å². The molecule has 1 fully saturated rings. The molecular weight excluding hydrogens is 661 g/mol. The first-order valence-corrected chi connectivity index (χ1v) is 18.1. The van der Waals surface area contributed by atoms with Gasteiger partial charge in [0, 0.05) is 90.7 Å². The van der Waals surface area contributed by atoms with Gasteiger partial charge in [0.05, 0.1) is 0 Å². The maximum Gasteiger partial charge on any atom is 0.126 e. The Balaban J connectivity index is 1.18. The van der Waals surface area contributed by atoms with Crippen LogP contribution in [0.5, 0.6) is 0 Å². The Hall–Kier alpha value is -4.60. The molecule has 0 saturated carbocycles. The van der Waals surface area contributed by atoms with Crippen molar-refractivity contribution in [1.29, 1.82) is 0 Å². The minimum Gasteiger partial charge on any atom is -0.297 e. The number of rotatable bonds is 8. The van der Waals surface area contributed by atoms with Crippen LogP contribution in [0.15, 0.2) is 121 Å². The zero-order valence-corrected chi connectivity index (χ0v) is 29.3. The molecule has 0 amide bonds. The molecule has 1 saturated heterocycles. The van der Waals surface area contributed by atoms with Gasteiger partial charge in [-0.05, 0) is 68.1 Å². The van der Waals surface area contributed by atoms with Gasteiger partial charge in [-0.3, -0.25) is 19.6 Å². The Kier molecular flexibility index (Phi) is 11.6. The Labute approximate surface area is 303 Å². The molecule has 1 heterocycles. The summed E-state index contributed by atoms with van der Waals surface area (Å²) in [7, 11) is 0.